The smallest absolute Gasteiger partial charge is 0.293 e. The molecule has 1 aliphatic heterocycles. The Morgan fingerprint density at radius 3 is 2.52 bits per heavy atom. The van der Waals surface area contributed by atoms with Gasteiger partial charge in [-0.1, -0.05) is 42.5 Å². The van der Waals surface area contributed by atoms with E-state index in [1.165, 1.54) is 16.6 Å². The Kier molecular flexibility index (Phi) is 6.62. The number of aliphatic hydroxyl groups is 1. The molecule has 31 heavy (non-hydrogen) atoms. The van der Waals surface area contributed by atoms with E-state index in [2.05, 4.69) is 34.3 Å². The van der Waals surface area contributed by atoms with Crippen LogP contribution >= 0.6 is 0 Å². The van der Waals surface area contributed by atoms with E-state index in [0.29, 0.717) is 5.92 Å². The predicted octanol–water partition coefficient (Wildman–Crippen LogP) is 3.12. The molecule has 0 unspecified atom stereocenters. The lowest BCUT2D eigenvalue weighted by molar-refractivity contribution is 0.0676. The number of carbonyl (C=O) groups excluding carboxylic acids is 1. The van der Waals surface area contributed by atoms with E-state index in [9.17, 15) is 9.90 Å². The maximum absolute atomic E-state index is 12.8. The molecular formula is C24H28N4O3. The number of hydrogen-bond acceptors (Lipinski definition) is 5. The lowest BCUT2D eigenvalue weighted by Gasteiger charge is -2.31. The number of ether oxygens (including phenoxy) is 1. The average Bonchev–Trinajstić information content (AvgIpc) is 3.28. The Morgan fingerprint density at radius 1 is 1.13 bits per heavy atom. The maximum Gasteiger partial charge on any atom is 0.293 e. The lowest BCUT2D eigenvalue weighted by atomic mass is 9.90. The van der Waals surface area contributed by atoms with Gasteiger partial charge in [0.1, 0.15) is 12.1 Å². The summed E-state index contributed by atoms with van der Waals surface area (Å²) in [5.41, 5.74) is 2.10. The van der Waals surface area contributed by atoms with Gasteiger partial charge in [0.25, 0.3) is 5.91 Å². The summed E-state index contributed by atoms with van der Waals surface area (Å²) in [6, 6.07) is 17.7. The summed E-state index contributed by atoms with van der Waals surface area (Å²) in [6.45, 7) is 1.67. The number of benzene rings is 2. The van der Waals surface area contributed by atoms with Gasteiger partial charge in [-0.05, 0) is 48.4 Å². The molecule has 7 heteroatoms. The van der Waals surface area contributed by atoms with E-state index in [-0.39, 0.29) is 18.3 Å². The van der Waals surface area contributed by atoms with E-state index in [0.717, 1.165) is 43.7 Å². The number of likely N-dealkylation sites (tertiary alicyclic amines) is 1. The van der Waals surface area contributed by atoms with Crippen LogP contribution in [0.1, 0.15) is 40.7 Å². The van der Waals surface area contributed by atoms with Crippen LogP contribution in [-0.2, 0) is 13.0 Å². The van der Waals surface area contributed by atoms with Gasteiger partial charge < -0.3 is 14.7 Å². The molecular weight excluding hydrogens is 392 g/mol. The van der Waals surface area contributed by atoms with Gasteiger partial charge in [-0.15, -0.1) is 5.10 Å². The second-order valence-electron chi connectivity index (χ2n) is 8.00. The third-order valence-electron chi connectivity index (χ3n) is 5.86. The SMILES string of the molecule is COc1ccc([C@@H](O)Cn2cnc(C(=O)N3CCC(Cc4ccccc4)CC3)n2)cc1. The van der Waals surface area contributed by atoms with Crippen molar-refractivity contribution in [2.24, 2.45) is 5.92 Å². The largest absolute Gasteiger partial charge is 0.497 e. The first-order valence-corrected chi connectivity index (χ1v) is 10.7. The standard InChI is InChI=1S/C24H28N4O3/c1-31-21-9-7-20(8-10-21)22(29)16-28-17-25-23(26-28)24(30)27-13-11-19(12-14-27)15-18-5-3-2-4-6-18/h2-10,17,19,22,29H,11-16H2,1H3/t22-/m0/s1. The van der Waals surface area contributed by atoms with Crippen molar-refractivity contribution in [2.45, 2.75) is 31.9 Å². The molecule has 4 rings (SSSR count). The second kappa shape index (κ2) is 9.75. The van der Waals surface area contributed by atoms with Crippen molar-refractivity contribution in [2.75, 3.05) is 20.2 Å². The summed E-state index contributed by atoms with van der Waals surface area (Å²) >= 11 is 0. The van der Waals surface area contributed by atoms with E-state index in [1.54, 1.807) is 19.2 Å². The minimum Gasteiger partial charge on any atom is -0.497 e. The zero-order valence-corrected chi connectivity index (χ0v) is 17.7. The van der Waals surface area contributed by atoms with Gasteiger partial charge in [-0.2, -0.15) is 0 Å². The first-order valence-electron chi connectivity index (χ1n) is 10.7. The highest BCUT2D eigenvalue weighted by Crippen LogP contribution is 2.23. The third kappa shape index (κ3) is 5.30. The quantitative estimate of drug-likeness (QED) is 0.635. The lowest BCUT2D eigenvalue weighted by Crippen LogP contribution is -2.39. The number of aromatic nitrogens is 3. The average molecular weight is 421 g/mol. The van der Waals surface area contributed by atoms with Crippen LogP contribution in [0, 0.1) is 5.92 Å². The molecule has 0 aliphatic carbocycles. The van der Waals surface area contributed by atoms with E-state index < -0.39 is 6.10 Å². The van der Waals surface area contributed by atoms with Gasteiger partial charge in [0, 0.05) is 13.1 Å². The van der Waals surface area contributed by atoms with Crippen molar-refractivity contribution in [1.29, 1.82) is 0 Å². The van der Waals surface area contributed by atoms with Crippen LogP contribution in [0.5, 0.6) is 5.75 Å². The second-order valence-corrected chi connectivity index (χ2v) is 8.00. The number of rotatable bonds is 7. The number of carbonyl (C=O) groups is 1. The molecule has 1 fully saturated rings. The molecule has 1 amide bonds. The number of hydrogen-bond donors (Lipinski definition) is 1. The Morgan fingerprint density at radius 2 is 1.84 bits per heavy atom. The summed E-state index contributed by atoms with van der Waals surface area (Å²) in [6.07, 6.45) is 3.78. The van der Waals surface area contributed by atoms with E-state index in [1.807, 2.05) is 23.1 Å². The fourth-order valence-electron chi connectivity index (χ4n) is 4.02. The zero-order valence-electron chi connectivity index (χ0n) is 17.7. The Balaban J connectivity index is 1.30. The molecule has 1 aromatic heterocycles. The highest BCUT2D eigenvalue weighted by Gasteiger charge is 2.26. The number of nitrogens with zero attached hydrogens (tertiary/aromatic N) is 4. The molecule has 7 nitrogen and oxygen atoms in total. The fourth-order valence-corrected chi connectivity index (χ4v) is 4.02. The van der Waals surface area contributed by atoms with E-state index >= 15 is 0 Å². The van der Waals surface area contributed by atoms with Crippen LogP contribution in [-0.4, -0.2) is 50.9 Å². The molecule has 0 spiro atoms. The molecule has 1 aliphatic rings. The van der Waals surface area contributed by atoms with Crippen molar-refractivity contribution in [3.63, 3.8) is 0 Å². The topological polar surface area (TPSA) is 80.5 Å². The number of aliphatic hydroxyl groups excluding tert-OH is 1. The van der Waals surface area contributed by atoms with Gasteiger partial charge in [-0.25, -0.2) is 9.67 Å². The van der Waals surface area contributed by atoms with Gasteiger partial charge in [-0.3, -0.25) is 4.79 Å². The molecule has 0 saturated carbocycles. The molecule has 2 heterocycles. The van der Waals surface area contributed by atoms with Crippen molar-refractivity contribution >= 4 is 5.91 Å². The summed E-state index contributed by atoms with van der Waals surface area (Å²) in [5.74, 6) is 1.37. The maximum atomic E-state index is 12.8. The van der Waals surface area contributed by atoms with Crippen molar-refractivity contribution in [3.8, 4) is 5.75 Å². The van der Waals surface area contributed by atoms with Gasteiger partial charge >= 0.3 is 0 Å². The Bertz CT molecular complexity index is 980. The van der Waals surface area contributed by atoms with Gasteiger partial charge in [0.15, 0.2) is 0 Å². The molecule has 0 bridgehead atoms. The monoisotopic (exact) mass is 420 g/mol. The van der Waals surface area contributed by atoms with Gasteiger partial charge in [0.2, 0.25) is 5.82 Å². The van der Waals surface area contributed by atoms with Crippen LogP contribution in [0.3, 0.4) is 0 Å². The number of amides is 1. The van der Waals surface area contributed by atoms with Gasteiger partial charge in [0.05, 0.1) is 19.8 Å². The summed E-state index contributed by atoms with van der Waals surface area (Å²) < 4.78 is 6.66. The highest BCUT2D eigenvalue weighted by atomic mass is 16.5. The molecule has 3 aromatic rings. The van der Waals surface area contributed by atoms with Crippen molar-refractivity contribution in [1.82, 2.24) is 19.7 Å². The van der Waals surface area contributed by atoms with Crippen LogP contribution in [0.25, 0.3) is 0 Å². The molecule has 2 aromatic carbocycles. The van der Waals surface area contributed by atoms with E-state index in [4.69, 9.17) is 4.74 Å². The Hall–Kier alpha value is -3.19. The predicted molar refractivity (Wildman–Crippen MR) is 117 cm³/mol. The first-order chi connectivity index (χ1) is 15.1. The summed E-state index contributed by atoms with van der Waals surface area (Å²) in [5, 5.41) is 14.8. The molecule has 1 atom stereocenters. The van der Waals surface area contributed by atoms with Crippen molar-refractivity contribution in [3.05, 3.63) is 77.9 Å². The normalized spacial score (nSPS) is 15.6. The Labute approximate surface area is 182 Å². The minimum absolute atomic E-state index is 0.143. The number of piperidine rings is 1. The highest BCUT2D eigenvalue weighted by molar-refractivity contribution is 5.90. The van der Waals surface area contributed by atoms with Crippen LogP contribution in [0.4, 0.5) is 0 Å². The summed E-state index contributed by atoms with van der Waals surface area (Å²) in [4.78, 5) is 18.8. The first kappa shape index (κ1) is 21.1. The molecule has 162 valence electrons. The molecule has 1 N–H and O–H groups in total. The number of methoxy groups -OCH3 is 1. The fraction of sp³-hybridized carbons (Fsp3) is 0.375. The molecule has 0 radical (unpaired) electrons. The van der Waals surface area contributed by atoms with Crippen LogP contribution in [0.15, 0.2) is 60.9 Å². The summed E-state index contributed by atoms with van der Waals surface area (Å²) in [7, 11) is 1.60. The molecule has 1 saturated heterocycles. The van der Waals surface area contributed by atoms with Crippen LogP contribution in [0.2, 0.25) is 0 Å². The zero-order chi connectivity index (χ0) is 21.6. The minimum atomic E-state index is -0.746. The van der Waals surface area contributed by atoms with Crippen molar-refractivity contribution < 1.29 is 14.6 Å². The third-order valence-corrected chi connectivity index (χ3v) is 5.86. The van der Waals surface area contributed by atoms with Crippen LogP contribution < -0.4 is 4.74 Å².